The average Bonchev–Trinajstić information content (AvgIpc) is 2.86. The van der Waals surface area contributed by atoms with Crippen molar-refractivity contribution in [3.63, 3.8) is 0 Å². The van der Waals surface area contributed by atoms with Gasteiger partial charge in [-0.3, -0.25) is 14.5 Å². The van der Waals surface area contributed by atoms with Crippen LogP contribution in [0.3, 0.4) is 0 Å². The molecular formula is C24H30N4O5S. The lowest BCUT2D eigenvalue weighted by Crippen LogP contribution is -2.44. The van der Waals surface area contributed by atoms with Gasteiger partial charge in [0.1, 0.15) is 6.04 Å². The number of primary amides is 1. The van der Waals surface area contributed by atoms with Crippen molar-refractivity contribution in [1.82, 2.24) is 9.21 Å². The molecule has 0 aliphatic carbocycles. The monoisotopic (exact) mass is 486 g/mol. The largest absolute Gasteiger partial charge is 0.379 e. The molecule has 9 nitrogen and oxygen atoms in total. The molecule has 1 atom stereocenters. The Bertz CT molecular complexity index is 1110. The van der Waals surface area contributed by atoms with Crippen molar-refractivity contribution < 1.29 is 22.7 Å². The van der Waals surface area contributed by atoms with E-state index in [4.69, 9.17) is 10.5 Å². The number of ether oxygens (including phenoxy) is 1. The van der Waals surface area contributed by atoms with E-state index >= 15 is 0 Å². The minimum Gasteiger partial charge on any atom is -0.379 e. The Kier molecular flexibility index (Phi) is 7.62. The Balaban J connectivity index is 1.54. The Morgan fingerprint density at radius 2 is 1.65 bits per heavy atom. The summed E-state index contributed by atoms with van der Waals surface area (Å²) in [4.78, 5) is 27.2. The number of sulfonamides is 1. The van der Waals surface area contributed by atoms with Crippen LogP contribution in [0.15, 0.2) is 59.5 Å². The highest BCUT2D eigenvalue weighted by atomic mass is 32.2. The van der Waals surface area contributed by atoms with E-state index in [0.717, 1.165) is 5.56 Å². The number of hydrogen-bond acceptors (Lipinski definition) is 6. The number of rotatable bonds is 7. The zero-order valence-corrected chi connectivity index (χ0v) is 19.7. The number of nitrogens with two attached hydrogens (primary N) is 1. The first kappa shape index (κ1) is 24.3. The first-order valence-electron chi connectivity index (χ1n) is 11.4. The molecule has 2 saturated heterocycles. The molecule has 34 heavy (non-hydrogen) atoms. The van der Waals surface area contributed by atoms with Gasteiger partial charge in [0.15, 0.2) is 0 Å². The molecule has 2 aliphatic rings. The van der Waals surface area contributed by atoms with Gasteiger partial charge in [0.25, 0.3) is 0 Å². The van der Waals surface area contributed by atoms with Gasteiger partial charge < -0.3 is 15.8 Å². The summed E-state index contributed by atoms with van der Waals surface area (Å²) in [5.74, 6) is -0.749. The summed E-state index contributed by atoms with van der Waals surface area (Å²) in [6.45, 7) is 2.45. The fourth-order valence-corrected chi connectivity index (χ4v) is 5.94. The first-order chi connectivity index (χ1) is 16.4. The molecule has 4 rings (SSSR count). The summed E-state index contributed by atoms with van der Waals surface area (Å²) in [5, 5.41) is 2.91. The highest BCUT2D eigenvalue weighted by Crippen LogP contribution is 2.29. The maximum Gasteiger partial charge on any atom is 0.246 e. The quantitative estimate of drug-likeness (QED) is 0.613. The zero-order chi connectivity index (χ0) is 24.1. The van der Waals surface area contributed by atoms with Crippen LogP contribution in [0.2, 0.25) is 0 Å². The zero-order valence-electron chi connectivity index (χ0n) is 18.9. The number of nitrogens with zero attached hydrogens (tertiary/aromatic N) is 2. The molecule has 3 N–H and O–H groups in total. The van der Waals surface area contributed by atoms with Crippen LogP contribution in [0.25, 0.3) is 0 Å². The fourth-order valence-electron chi connectivity index (χ4n) is 4.49. The number of nitrogens with one attached hydrogen (secondary N) is 1. The maximum atomic E-state index is 13.5. The Morgan fingerprint density at radius 3 is 2.29 bits per heavy atom. The molecule has 10 heteroatoms. The van der Waals surface area contributed by atoms with Crippen molar-refractivity contribution in [1.29, 1.82) is 0 Å². The average molecular weight is 487 g/mol. The standard InChI is InChI=1S/C24H30N4O5S/c25-23(29)19-9-11-27(12-10-19)22(18-5-2-1-3-6-18)24(30)26-20-7-4-8-21(17-20)34(31,32)28-13-15-33-16-14-28/h1-8,17,19,22H,9-16H2,(H2,25,29)(H,26,30)/t22-/m1/s1. The van der Waals surface area contributed by atoms with Crippen LogP contribution in [0, 0.1) is 5.92 Å². The Labute approximate surface area is 199 Å². The van der Waals surface area contributed by atoms with Crippen molar-refractivity contribution >= 4 is 27.5 Å². The van der Waals surface area contributed by atoms with Crippen molar-refractivity contribution in [2.75, 3.05) is 44.7 Å². The van der Waals surface area contributed by atoms with Gasteiger partial charge >= 0.3 is 0 Å². The van der Waals surface area contributed by atoms with Gasteiger partial charge in [-0.2, -0.15) is 4.31 Å². The molecule has 2 aromatic rings. The number of piperidine rings is 1. The molecule has 0 bridgehead atoms. The third kappa shape index (κ3) is 5.47. The summed E-state index contributed by atoms with van der Waals surface area (Å²) >= 11 is 0. The van der Waals surface area contributed by atoms with Crippen LogP contribution in [-0.4, -0.2) is 68.8 Å². The predicted octanol–water partition coefficient (Wildman–Crippen LogP) is 1.58. The van der Waals surface area contributed by atoms with E-state index in [9.17, 15) is 18.0 Å². The van der Waals surface area contributed by atoms with E-state index in [2.05, 4.69) is 5.32 Å². The molecule has 0 saturated carbocycles. The molecule has 0 aromatic heterocycles. The normalized spacial score (nSPS) is 19.4. The smallest absolute Gasteiger partial charge is 0.246 e. The predicted molar refractivity (Wildman–Crippen MR) is 127 cm³/mol. The van der Waals surface area contributed by atoms with Crippen molar-refractivity contribution in [2.45, 2.75) is 23.8 Å². The molecule has 2 amide bonds. The van der Waals surface area contributed by atoms with Crippen LogP contribution in [0.1, 0.15) is 24.4 Å². The molecule has 0 spiro atoms. The second-order valence-corrected chi connectivity index (χ2v) is 10.5. The Morgan fingerprint density at radius 1 is 0.971 bits per heavy atom. The number of hydrogen-bond donors (Lipinski definition) is 2. The number of likely N-dealkylation sites (tertiary alicyclic amines) is 1. The second kappa shape index (κ2) is 10.6. The number of carbonyl (C=O) groups excluding carboxylic acids is 2. The topological polar surface area (TPSA) is 122 Å². The van der Waals surface area contributed by atoms with Crippen LogP contribution < -0.4 is 11.1 Å². The van der Waals surface area contributed by atoms with Crippen LogP contribution in [-0.2, 0) is 24.3 Å². The van der Waals surface area contributed by atoms with Crippen molar-refractivity contribution in [2.24, 2.45) is 11.7 Å². The molecular weight excluding hydrogens is 456 g/mol. The summed E-state index contributed by atoms with van der Waals surface area (Å²) in [6, 6.07) is 15.2. The van der Waals surface area contributed by atoms with Crippen LogP contribution >= 0.6 is 0 Å². The number of morpholine rings is 1. The third-order valence-corrected chi connectivity index (χ3v) is 8.26. The van der Waals surface area contributed by atoms with Crippen LogP contribution in [0.5, 0.6) is 0 Å². The van der Waals surface area contributed by atoms with Gasteiger partial charge in [-0.1, -0.05) is 36.4 Å². The number of benzene rings is 2. The van der Waals surface area contributed by atoms with Gasteiger partial charge in [0.05, 0.1) is 18.1 Å². The molecule has 2 aliphatic heterocycles. The summed E-state index contributed by atoms with van der Waals surface area (Å²) in [7, 11) is -3.68. The number of carbonyl (C=O) groups is 2. The first-order valence-corrected chi connectivity index (χ1v) is 12.9. The lowest BCUT2D eigenvalue weighted by atomic mass is 9.93. The van der Waals surface area contributed by atoms with E-state index < -0.39 is 16.1 Å². The summed E-state index contributed by atoms with van der Waals surface area (Å²) in [6.07, 6.45) is 1.19. The lowest BCUT2D eigenvalue weighted by molar-refractivity contribution is -0.125. The highest BCUT2D eigenvalue weighted by Gasteiger charge is 2.33. The van der Waals surface area contributed by atoms with Crippen molar-refractivity contribution in [3.05, 3.63) is 60.2 Å². The van der Waals surface area contributed by atoms with Gasteiger partial charge in [0, 0.05) is 24.7 Å². The van der Waals surface area contributed by atoms with E-state index in [0.29, 0.717) is 57.9 Å². The van der Waals surface area contributed by atoms with Crippen molar-refractivity contribution in [3.8, 4) is 0 Å². The highest BCUT2D eigenvalue weighted by molar-refractivity contribution is 7.89. The molecule has 182 valence electrons. The van der Waals surface area contributed by atoms with Gasteiger partial charge in [0.2, 0.25) is 21.8 Å². The van der Waals surface area contributed by atoms with Gasteiger partial charge in [-0.15, -0.1) is 0 Å². The van der Waals surface area contributed by atoms with E-state index in [1.165, 1.54) is 16.4 Å². The summed E-state index contributed by atoms with van der Waals surface area (Å²) < 4.78 is 32.7. The molecule has 2 aromatic carbocycles. The SMILES string of the molecule is NC(=O)C1CCN([C@@H](C(=O)Nc2cccc(S(=O)(=O)N3CCOCC3)c2)c2ccccc2)CC1. The summed E-state index contributed by atoms with van der Waals surface area (Å²) in [5.41, 5.74) is 6.71. The molecule has 0 radical (unpaired) electrons. The fraction of sp³-hybridized carbons (Fsp3) is 0.417. The van der Waals surface area contributed by atoms with E-state index in [-0.39, 0.29) is 22.6 Å². The minimum atomic E-state index is -3.68. The molecule has 0 unspecified atom stereocenters. The third-order valence-electron chi connectivity index (χ3n) is 6.37. The molecule has 2 heterocycles. The van der Waals surface area contributed by atoms with Gasteiger partial charge in [-0.05, 0) is 49.7 Å². The van der Waals surface area contributed by atoms with Gasteiger partial charge in [-0.25, -0.2) is 8.42 Å². The lowest BCUT2D eigenvalue weighted by Gasteiger charge is -2.36. The minimum absolute atomic E-state index is 0.130. The number of anilines is 1. The maximum absolute atomic E-state index is 13.5. The van der Waals surface area contributed by atoms with E-state index in [1.807, 2.05) is 35.2 Å². The van der Waals surface area contributed by atoms with E-state index in [1.54, 1.807) is 12.1 Å². The number of amides is 2. The Hall–Kier alpha value is -2.79. The van der Waals surface area contributed by atoms with Crippen LogP contribution in [0.4, 0.5) is 5.69 Å². The molecule has 2 fully saturated rings. The second-order valence-electron chi connectivity index (χ2n) is 8.56.